The molecule has 0 spiro atoms. The van der Waals surface area contributed by atoms with Crippen molar-refractivity contribution >= 4 is 17.4 Å². The highest BCUT2D eigenvalue weighted by molar-refractivity contribution is 6.46. The van der Waals surface area contributed by atoms with Gasteiger partial charge < -0.3 is 19.5 Å². The summed E-state index contributed by atoms with van der Waals surface area (Å²) in [7, 11) is 1.56. The number of carbonyl (C=O) groups excluding carboxylic acids is 2. The van der Waals surface area contributed by atoms with E-state index in [1.165, 1.54) is 4.90 Å². The second-order valence-electron chi connectivity index (χ2n) is 7.97. The van der Waals surface area contributed by atoms with Crippen LogP contribution in [-0.4, -0.2) is 42.0 Å². The first-order valence-corrected chi connectivity index (χ1v) is 11.2. The van der Waals surface area contributed by atoms with Gasteiger partial charge in [0, 0.05) is 12.1 Å². The molecule has 3 aromatic carbocycles. The van der Waals surface area contributed by atoms with Crippen LogP contribution in [0.15, 0.2) is 84.4 Å². The minimum atomic E-state index is -0.741. The van der Waals surface area contributed by atoms with E-state index in [0.29, 0.717) is 42.2 Å². The van der Waals surface area contributed by atoms with Crippen LogP contribution in [0, 0.1) is 0 Å². The van der Waals surface area contributed by atoms with Crippen LogP contribution in [0.25, 0.3) is 5.76 Å². The fourth-order valence-corrected chi connectivity index (χ4v) is 4.22. The summed E-state index contributed by atoms with van der Waals surface area (Å²) in [4.78, 5) is 27.9. The number of carbonyl (C=O) groups is 2. The molecule has 3 aromatic rings. The lowest BCUT2D eigenvalue weighted by Gasteiger charge is -2.25. The van der Waals surface area contributed by atoms with Gasteiger partial charge in [-0.2, -0.15) is 0 Å². The number of amides is 1. The number of methoxy groups -OCH3 is 1. The lowest BCUT2D eigenvalue weighted by Crippen LogP contribution is -2.31. The highest BCUT2D eigenvalue weighted by Crippen LogP contribution is 2.40. The Morgan fingerprint density at radius 2 is 1.68 bits per heavy atom. The number of Topliss-reactive ketones (excluding diaryl/α,β-unsaturated/α-hetero) is 1. The van der Waals surface area contributed by atoms with E-state index in [9.17, 15) is 14.7 Å². The summed E-state index contributed by atoms with van der Waals surface area (Å²) in [6.45, 7) is 2.66. The average molecular weight is 458 g/mol. The summed E-state index contributed by atoms with van der Waals surface area (Å²) in [6.07, 6.45) is 0.578. The molecule has 0 bridgehead atoms. The normalized spacial score (nSPS) is 17.1. The van der Waals surface area contributed by atoms with Crippen molar-refractivity contribution in [2.24, 2.45) is 0 Å². The molecule has 0 aliphatic carbocycles. The molecule has 0 radical (unpaired) electrons. The van der Waals surface area contributed by atoms with Crippen molar-refractivity contribution in [3.8, 4) is 11.5 Å². The summed E-state index contributed by atoms with van der Waals surface area (Å²) < 4.78 is 10.9. The number of hydrogen-bond acceptors (Lipinski definition) is 5. The summed E-state index contributed by atoms with van der Waals surface area (Å²) in [5.41, 5.74) is 2.22. The standard InChI is InChI=1S/C28H27NO5/c1-3-34-23-14-8-12-21(18-23)26(30)24-25(20-11-7-13-22(17-20)33-2)29(28(32)27(24)31)16-15-19-9-5-4-6-10-19/h4-14,17-18,25,30H,3,15-16H2,1-2H3/b26-24+. The Morgan fingerprint density at radius 3 is 2.41 bits per heavy atom. The summed E-state index contributed by atoms with van der Waals surface area (Å²) in [6, 6.07) is 23.1. The van der Waals surface area contributed by atoms with Gasteiger partial charge >= 0.3 is 0 Å². The molecule has 1 saturated heterocycles. The molecule has 1 aliphatic rings. The third-order valence-corrected chi connectivity index (χ3v) is 5.85. The summed E-state index contributed by atoms with van der Waals surface area (Å²) >= 11 is 0. The quantitative estimate of drug-likeness (QED) is 0.300. The fourth-order valence-electron chi connectivity index (χ4n) is 4.22. The van der Waals surface area contributed by atoms with Gasteiger partial charge in [-0.3, -0.25) is 9.59 Å². The van der Waals surface area contributed by atoms with E-state index >= 15 is 0 Å². The van der Waals surface area contributed by atoms with E-state index in [0.717, 1.165) is 5.56 Å². The van der Waals surface area contributed by atoms with E-state index < -0.39 is 17.7 Å². The van der Waals surface area contributed by atoms with Gasteiger partial charge in [0.05, 0.1) is 25.3 Å². The van der Waals surface area contributed by atoms with Gasteiger partial charge in [-0.1, -0.05) is 54.6 Å². The Balaban J connectivity index is 1.80. The van der Waals surface area contributed by atoms with E-state index in [-0.39, 0.29) is 11.3 Å². The highest BCUT2D eigenvalue weighted by atomic mass is 16.5. The first-order valence-electron chi connectivity index (χ1n) is 11.2. The Hall–Kier alpha value is -4.06. The molecule has 174 valence electrons. The number of hydrogen-bond donors (Lipinski definition) is 1. The molecule has 1 atom stereocenters. The molecule has 6 nitrogen and oxygen atoms in total. The van der Waals surface area contributed by atoms with Gasteiger partial charge in [-0.05, 0) is 48.7 Å². The molecule has 1 amide bonds. The van der Waals surface area contributed by atoms with Crippen molar-refractivity contribution in [3.05, 3.63) is 101 Å². The van der Waals surface area contributed by atoms with Gasteiger partial charge in [-0.25, -0.2) is 0 Å². The number of nitrogens with zero attached hydrogens (tertiary/aromatic N) is 1. The molecule has 4 rings (SSSR count). The smallest absolute Gasteiger partial charge is 0.295 e. The maximum Gasteiger partial charge on any atom is 0.295 e. The van der Waals surface area contributed by atoms with Crippen LogP contribution in [0.2, 0.25) is 0 Å². The maximum atomic E-state index is 13.2. The number of aliphatic hydroxyl groups is 1. The molecule has 1 unspecified atom stereocenters. The van der Waals surface area contributed by atoms with Crippen LogP contribution in [0.5, 0.6) is 11.5 Å². The number of likely N-dealkylation sites (tertiary alicyclic amines) is 1. The molecule has 1 heterocycles. The lowest BCUT2D eigenvalue weighted by atomic mass is 9.95. The lowest BCUT2D eigenvalue weighted by molar-refractivity contribution is -0.139. The minimum absolute atomic E-state index is 0.0555. The molecule has 1 aliphatic heterocycles. The van der Waals surface area contributed by atoms with Crippen LogP contribution in [0.3, 0.4) is 0 Å². The summed E-state index contributed by atoms with van der Waals surface area (Å²) in [5.74, 6) is -0.395. The first kappa shape index (κ1) is 23.1. The van der Waals surface area contributed by atoms with E-state index in [1.54, 1.807) is 49.6 Å². The number of ketones is 1. The zero-order valence-corrected chi connectivity index (χ0v) is 19.2. The zero-order chi connectivity index (χ0) is 24.1. The third kappa shape index (κ3) is 4.66. The van der Waals surface area contributed by atoms with Gasteiger partial charge in [-0.15, -0.1) is 0 Å². The second-order valence-corrected chi connectivity index (χ2v) is 7.97. The van der Waals surface area contributed by atoms with Crippen molar-refractivity contribution in [3.63, 3.8) is 0 Å². The predicted octanol–water partition coefficient (Wildman–Crippen LogP) is 4.76. The van der Waals surface area contributed by atoms with Gasteiger partial charge in [0.25, 0.3) is 11.7 Å². The minimum Gasteiger partial charge on any atom is -0.507 e. The topological polar surface area (TPSA) is 76.1 Å². The predicted molar refractivity (Wildman–Crippen MR) is 130 cm³/mol. The SMILES string of the molecule is CCOc1cccc(/C(O)=C2\C(=O)C(=O)N(CCc3ccccc3)C2c2cccc(OC)c2)c1. The van der Waals surface area contributed by atoms with Crippen molar-refractivity contribution in [1.29, 1.82) is 0 Å². The monoisotopic (exact) mass is 457 g/mol. The van der Waals surface area contributed by atoms with Crippen LogP contribution >= 0.6 is 0 Å². The van der Waals surface area contributed by atoms with Crippen molar-refractivity contribution in [1.82, 2.24) is 4.90 Å². The average Bonchev–Trinajstić information content (AvgIpc) is 3.13. The number of rotatable bonds is 8. The van der Waals surface area contributed by atoms with Crippen LogP contribution in [0.4, 0.5) is 0 Å². The van der Waals surface area contributed by atoms with Crippen molar-refractivity contribution in [2.75, 3.05) is 20.3 Å². The zero-order valence-electron chi connectivity index (χ0n) is 19.2. The molecule has 34 heavy (non-hydrogen) atoms. The Morgan fingerprint density at radius 1 is 0.941 bits per heavy atom. The number of ether oxygens (including phenoxy) is 2. The maximum absolute atomic E-state index is 13.2. The van der Waals surface area contributed by atoms with Gasteiger partial charge in [0.2, 0.25) is 0 Å². The van der Waals surface area contributed by atoms with E-state index in [1.807, 2.05) is 43.3 Å². The third-order valence-electron chi connectivity index (χ3n) is 5.85. The Kier molecular flexibility index (Phi) is 6.97. The largest absolute Gasteiger partial charge is 0.507 e. The highest BCUT2D eigenvalue weighted by Gasteiger charge is 2.46. The van der Waals surface area contributed by atoms with E-state index in [2.05, 4.69) is 0 Å². The molecular formula is C28H27NO5. The first-order chi connectivity index (χ1) is 16.5. The van der Waals surface area contributed by atoms with Gasteiger partial charge in [0.15, 0.2) is 0 Å². The molecular weight excluding hydrogens is 430 g/mol. The fraction of sp³-hybridized carbons (Fsp3) is 0.214. The molecule has 1 fully saturated rings. The number of aliphatic hydroxyl groups excluding tert-OH is 1. The van der Waals surface area contributed by atoms with E-state index in [4.69, 9.17) is 9.47 Å². The Bertz CT molecular complexity index is 1220. The van der Waals surface area contributed by atoms with Gasteiger partial charge in [0.1, 0.15) is 17.3 Å². The molecule has 1 N–H and O–H groups in total. The molecule has 0 aromatic heterocycles. The molecule has 6 heteroatoms. The van der Waals surface area contributed by atoms with Crippen LogP contribution in [0.1, 0.15) is 29.7 Å². The van der Waals surface area contributed by atoms with Crippen molar-refractivity contribution in [2.45, 2.75) is 19.4 Å². The second kappa shape index (κ2) is 10.3. The van der Waals surface area contributed by atoms with Crippen LogP contribution in [-0.2, 0) is 16.0 Å². The van der Waals surface area contributed by atoms with Crippen molar-refractivity contribution < 1.29 is 24.2 Å². The molecule has 0 saturated carbocycles. The summed E-state index contributed by atoms with van der Waals surface area (Å²) in [5, 5.41) is 11.3. The number of benzene rings is 3. The van der Waals surface area contributed by atoms with Crippen LogP contribution < -0.4 is 9.47 Å². The Labute approximate surface area is 199 Å².